The highest BCUT2D eigenvalue weighted by Crippen LogP contribution is 2.35. The SMILES string of the molecule is Cc1ccn2c(-c3ccnc4[nH]ccc34)c(-c3ccc(F)cc3)nc2n1. The summed E-state index contributed by atoms with van der Waals surface area (Å²) >= 11 is 0. The Labute approximate surface area is 148 Å². The predicted molar refractivity (Wildman–Crippen MR) is 98.2 cm³/mol. The number of rotatable bonds is 2. The number of aromatic amines is 1. The number of benzene rings is 1. The molecule has 5 nitrogen and oxygen atoms in total. The van der Waals surface area contributed by atoms with Crippen molar-refractivity contribution in [3.8, 4) is 22.5 Å². The largest absolute Gasteiger partial charge is 0.346 e. The Morgan fingerprint density at radius 2 is 1.85 bits per heavy atom. The van der Waals surface area contributed by atoms with Crippen LogP contribution in [-0.4, -0.2) is 24.3 Å². The van der Waals surface area contributed by atoms with Crippen LogP contribution in [0, 0.1) is 12.7 Å². The van der Waals surface area contributed by atoms with Gasteiger partial charge in [0.25, 0.3) is 0 Å². The lowest BCUT2D eigenvalue weighted by atomic mass is 10.0. The van der Waals surface area contributed by atoms with Crippen LogP contribution in [0.1, 0.15) is 5.69 Å². The molecule has 0 aliphatic rings. The molecule has 0 spiro atoms. The van der Waals surface area contributed by atoms with Gasteiger partial charge in [0.2, 0.25) is 5.78 Å². The first-order valence-electron chi connectivity index (χ1n) is 8.25. The van der Waals surface area contributed by atoms with Crippen LogP contribution in [0.2, 0.25) is 0 Å². The van der Waals surface area contributed by atoms with E-state index < -0.39 is 0 Å². The fourth-order valence-electron chi connectivity index (χ4n) is 3.25. The Morgan fingerprint density at radius 1 is 1.00 bits per heavy atom. The van der Waals surface area contributed by atoms with E-state index in [0.29, 0.717) is 5.78 Å². The molecule has 4 aromatic heterocycles. The quantitative estimate of drug-likeness (QED) is 0.517. The van der Waals surface area contributed by atoms with E-state index >= 15 is 0 Å². The maximum absolute atomic E-state index is 13.4. The molecule has 0 radical (unpaired) electrons. The Balaban J connectivity index is 1.89. The number of pyridine rings is 1. The van der Waals surface area contributed by atoms with Gasteiger partial charge in [-0.1, -0.05) is 0 Å². The van der Waals surface area contributed by atoms with Crippen LogP contribution in [0.25, 0.3) is 39.3 Å². The summed E-state index contributed by atoms with van der Waals surface area (Å²) in [5, 5.41) is 0.998. The number of imidazole rings is 1. The summed E-state index contributed by atoms with van der Waals surface area (Å²) in [6.07, 6.45) is 5.60. The van der Waals surface area contributed by atoms with Crippen molar-refractivity contribution < 1.29 is 4.39 Å². The van der Waals surface area contributed by atoms with Crippen LogP contribution >= 0.6 is 0 Å². The Kier molecular flexibility index (Phi) is 3.12. The molecule has 1 N–H and O–H groups in total. The molecule has 0 fully saturated rings. The van der Waals surface area contributed by atoms with Crippen molar-refractivity contribution in [2.75, 3.05) is 0 Å². The summed E-state index contributed by atoms with van der Waals surface area (Å²) < 4.78 is 15.4. The van der Waals surface area contributed by atoms with E-state index in [4.69, 9.17) is 4.98 Å². The van der Waals surface area contributed by atoms with Gasteiger partial charge in [0, 0.05) is 40.8 Å². The molecule has 0 bridgehead atoms. The number of fused-ring (bicyclic) bond motifs is 2. The number of hydrogen-bond acceptors (Lipinski definition) is 3. The third-order valence-corrected chi connectivity index (χ3v) is 4.47. The molecule has 6 heteroatoms. The van der Waals surface area contributed by atoms with Crippen molar-refractivity contribution in [2.24, 2.45) is 0 Å². The van der Waals surface area contributed by atoms with Crippen molar-refractivity contribution in [3.05, 3.63) is 72.6 Å². The molecule has 0 aliphatic heterocycles. The highest BCUT2D eigenvalue weighted by Gasteiger charge is 2.19. The van der Waals surface area contributed by atoms with Crippen LogP contribution in [0.4, 0.5) is 4.39 Å². The zero-order chi connectivity index (χ0) is 17.7. The average Bonchev–Trinajstić information content (AvgIpc) is 3.26. The van der Waals surface area contributed by atoms with Gasteiger partial charge >= 0.3 is 0 Å². The van der Waals surface area contributed by atoms with E-state index in [1.165, 1.54) is 12.1 Å². The minimum Gasteiger partial charge on any atom is -0.346 e. The number of halogens is 1. The van der Waals surface area contributed by atoms with E-state index in [0.717, 1.165) is 39.2 Å². The lowest BCUT2D eigenvalue weighted by Gasteiger charge is -2.07. The zero-order valence-corrected chi connectivity index (χ0v) is 13.9. The van der Waals surface area contributed by atoms with Crippen molar-refractivity contribution in [1.82, 2.24) is 24.3 Å². The molecule has 5 rings (SSSR count). The van der Waals surface area contributed by atoms with Gasteiger partial charge in [-0.15, -0.1) is 0 Å². The molecular weight excluding hydrogens is 329 g/mol. The number of hydrogen-bond donors (Lipinski definition) is 1. The van der Waals surface area contributed by atoms with Gasteiger partial charge in [-0.2, -0.15) is 0 Å². The zero-order valence-electron chi connectivity index (χ0n) is 13.9. The maximum atomic E-state index is 13.4. The summed E-state index contributed by atoms with van der Waals surface area (Å²) in [6, 6.07) is 12.3. The number of nitrogens with zero attached hydrogens (tertiary/aromatic N) is 4. The van der Waals surface area contributed by atoms with E-state index in [1.54, 1.807) is 18.3 Å². The minimum absolute atomic E-state index is 0.273. The Morgan fingerprint density at radius 3 is 2.69 bits per heavy atom. The van der Waals surface area contributed by atoms with Gasteiger partial charge in [-0.25, -0.2) is 19.3 Å². The third kappa shape index (κ3) is 2.19. The topological polar surface area (TPSA) is 58.9 Å². The second kappa shape index (κ2) is 5.49. The fourth-order valence-corrected chi connectivity index (χ4v) is 3.25. The van der Waals surface area contributed by atoms with Crippen LogP contribution in [0.3, 0.4) is 0 Å². The van der Waals surface area contributed by atoms with Gasteiger partial charge in [0.1, 0.15) is 11.5 Å². The highest BCUT2D eigenvalue weighted by molar-refractivity contribution is 5.96. The summed E-state index contributed by atoms with van der Waals surface area (Å²) in [6.45, 7) is 1.93. The van der Waals surface area contributed by atoms with Gasteiger partial charge in [-0.3, -0.25) is 4.40 Å². The molecule has 0 atom stereocenters. The molecule has 126 valence electrons. The van der Waals surface area contributed by atoms with Crippen molar-refractivity contribution in [2.45, 2.75) is 6.92 Å². The van der Waals surface area contributed by atoms with Gasteiger partial charge in [-0.05, 0) is 49.4 Å². The molecule has 4 heterocycles. The van der Waals surface area contributed by atoms with Crippen LogP contribution in [0.15, 0.2) is 61.1 Å². The van der Waals surface area contributed by atoms with E-state index in [-0.39, 0.29) is 5.82 Å². The maximum Gasteiger partial charge on any atom is 0.235 e. The van der Waals surface area contributed by atoms with Crippen LogP contribution in [0.5, 0.6) is 0 Å². The summed E-state index contributed by atoms with van der Waals surface area (Å²) in [5.74, 6) is 0.338. The highest BCUT2D eigenvalue weighted by atomic mass is 19.1. The van der Waals surface area contributed by atoms with E-state index in [2.05, 4.69) is 15.0 Å². The second-order valence-corrected chi connectivity index (χ2v) is 6.15. The molecule has 26 heavy (non-hydrogen) atoms. The standard InChI is InChI=1S/C20H14FN5/c1-12-8-11-26-18(15-6-9-22-19-16(15)7-10-23-19)17(25-20(26)24-12)13-2-4-14(21)5-3-13/h2-11H,1H3,(H,22,23). The van der Waals surface area contributed by atoms with Gasteiger partial charge < -0.3 is 4.98 Å². The predicted octanol–water partition coefficient (Wildman–Crippen LogP) is 4.39. The first-order valence-corrected chi connectivity index (χ1v) is 8.25. The Bertz CT molecular complexity index is 1250. The molecule has 0 saturated heterocycles. The third-order valence-electron chi connectivity index (χ3n) is 4.47. The molecule has 1 aromatic carbocycles. The lowest BCUT2D eigenvalue weighted by Crippen LogP contribution is -1.93. The molecule has 0 unspecified atom stereocenters. The monoisotopic (exact) mass is 343 g/mol. The van der Waals surface area contributed by atoms with Gasteiger partial charge in [0.05, 0.1) is 11.4 Å². The smallest absolute Gasteiger partial charge is 0.235 e. The number of H-pyrrole nitrogens is 1. The summed E-state index contributed by atoms with van der Waals surface area (Å²) in [4.78, 5) is 16.8. The summed E-state index contributed by atoms with van der Waals surface area (Å²) in [7, 11) is 0. The fraction of sp³-hybridized carbons (Fsp3) is 0.0500. The number of aryl methyl sites for hydroxylation is 1. The first-order chi connectivity index (χ1) is 12.7. The minimum atomic E-state index is -0.273. The van der Waals surface area contributed by atoms with Crippen LogP contribution in [-0.2, 0) is 0 Å². The molecule has 0 aliphatic carbocycles. The lowest BCUT2D eigenvalue weighted by molar-refractivity contribution is 0.628. The van der Waals surface area contributed by atoms with E-state index in [1.807, 2.05) is 41.9 Å². The Hall–Kier alpha value is -3.54. The number of aromatic nitrogens is 5. The second-order valence-electron chi connectivity index (χ2n) is 6.15. The van der Waals surface area contributed by atoms with E-state index in [9.17, 15) is 4.39 Å². The van der Waals surface area contributed by atoms with Gasteiger partial charge in [0.15, 0.2) is 0 Å². The van der Waals surface area contributed by atoms with Crippen molar-refractivity contribution >= 4 is 16.8 Å². The molecular formula is C20H14FN5. The molecule has 5 aromatic rings. The molecule has 0 amide bonds. The van der Waals surface area contributed by atoms with Crippen molar-refractivity contribution in [3.63, 3.8) is 0 Å². The molecule has 0 saturated carbocycles. The average molecular weight is 343 g/mol. The first kappa shape index (κ1) is 14.8. The normalized spacial score (nSPS) is 11.5. The summed E-state index contributed by atoms with van der Waals surface area (Å²) in [5.41, 5.74) is 5.20. The van der Waals surface area contributed by atoms with Crippen LogP contribution < -0.4 is 0 Å². The number of nitrogens with one attached hydrogen (secondary N) is 1. The van der Waals surface area contributed by atoms with Crippen molar-refractivity contribution in [1.29, 1.82) is 0 Å².